The van der Waals surface area contributed by atoms with Crippen molar-refractivity contribution in [1.82, 2.24) is 0 Å². The summed E-state index contributed by atoms with van der Waals surface area (Å²) < 4.78 is 23.3. The second-order valence-corrected chi connectivity index (χ2v) is 12.4. The second kappa shape index (κ2) is 13.2. The van der Waals surface area contributed by atoms with Crippen molar-refractivity contribution in [3.8, 4) is 0 Å². The van der Waals surface area contributed by atoms with E-state index in [0.717, 1.165) is 0 Å². The summed E-state index contributed by atoms with van der Waals surface area (Å²) in [7, 11) is 0. The Morgan fingerprint density at radius 3 is 2.02 bits per heavy atom. The number of carbonyl (C=O) groups is 4. The monoisotopic (exact) mass is 584 g/mol. The third-order valence-corrected chi connectivity index (χ3v) is 8.36. The largest absolute Gasteiger partial charge is 0.462 e. The SMILES string of the molecule is CC(=O)OC1CC(OC(C)=O)C(C)(C)CC=C(C)C(OC(C)=O)C2(O)CC(C)C(OC(=O)c3ccccc3)C2C=C1C. The van der Waals surface area contributed by atoms with E-state index in [0.29, 0.717) is 23.1 Å². The Hall–Kier alpha value is -3.46. The zero-order chi connectivity index (χ0) is 31.4. The quantitative estimate of drug-likeness (QED) is 0.286. The molecule has 0 aromatic heterocycles. The Morgan fingerprint density at radius 1 is 0.857 bits per heavy atom. The number of allylic oxidation sites excluding steroid dienone is 1. The third-order valence-electron chi connectivity index (χ3n) is 8.36. The summed E-state index contributed by atoms with van der Waals surface area (Å²) in [6, 6.07) is 8.57. The Labute approximate surface area is 248 Å². The van der Waals surface area contributed by atoms with Gasteiger partial charge in [-0.2, -0.15) is 0 Å². The minimum atomic E-state index is -1.64. The summed E-state index contributed by atoms with van der Waals surface area (Å²) in [5.74, 6) is -3.24. The molecule has 42 heavy (non-hydrogen) atoms. The molecule has 0 radical (unpaired) electrons. The lowest BCUT2D eigenvalue weighted by Crippen LogP contribution is -2.50. The zero-order valence-electron chi connectivity index (χ0n) is 25.8. The van der Waals surface area contributed by atoms with Crippen LogP contribution in [-0.4, -0.2) is 59.0 Å². The lowest BCUT2D eigenvalue weighted by atomic mass is 9.75. The Kier molecular flexibility index (Phi) is 10.4. The fourth-order valence-corrected chi connectivity index (χ4v) is 6.14. The predicted molar refractivity (Wildman–Crippen MR) is 155 cm³/mol. The van der Waals surface area contributed by atoms with Crippen LogP contribution in [0.3, 0.4) is 0 Å². The summed E-state index contributed by atoms with van der Waals surface area (Å²) >= 11 is 0. The number of benzene rings is 1. The molecule has 230 valence electrons. The van der Waals surface area contributed by atoms with Gasteiger partial charge in [-0.25, -0.2) is 4.79 Å². The molecule has 1 aromatic rings. The summed E-state index contributed by atoms with van der Waals surface area (Å²) in [4.78, 5) is 49.9. The molecule has 0 amide bonds. The molecule has 9 nitrogen and oxygen atoms in total. The van der Waals surface area contributed by atoms with Crippen molar-refractivity contribution < 1.29 is 43.2 Å². The van der Waals surface area contributed by atoms with Crippen LogP contribution < -0.4 is 0 Å². The number of carbonyl (C=O) groups excluding carboxylic acids is 4. The Balaban J connectivity index is 2.21. The predicted octanol–water partition coefficient (Wildman–Crippen LogP) is 5.11. The summed E-state index contributed by atoms with van der Waals surface area (Å²) in [5.41, 5.74) is -0.679. The maximum absolute atomic E-state index is 13.2. The average Bonchev–Trinajstić information content (AvgIpc) is 3.13. The van der Waals surface area contributed by atoms with Crippen LogP contribution >= 0.6 is 0 Å². The Bertz CT molecular complexity index is 1230. The van der Waals surface area contributed by atoms with Crippen LogP contribution in [0.15, 0.2) is 53.6 Å². The van der Waals surface area contributed by atoms with E-state index in [9.17, 15) is 24.3 Å². The molecule has 2 aliphatic carbocycles. The van der Waals surface area contributed by atoms with E-state index in [2.05, 4.69) is 0 Å². The van der Waals surface area contributed by atoms with Crippen LogP contribution in [0.4, 0.5) is 0 Å². The highest BCUT2D eigenvalue weighted by molar-refractivity contribution is 5.89. The topological polar surface area (TPSA) is 125 Å². The molecule has 0 bridgehead atoms. The highest BCUT2D eigenvalue weighted by Crippen LogP contribution is 2.48. The maximum atomic E-state index is 13.2. The molecule has 9 heteroatoms. The van der Waals surface area contributed by atoms with Gasteiger partial charge in [-0.1, -0.05) is 51.1 Å². The molecule has 1 N–H and O–H groups in total. The van der Waals surface area contributed by atoms with E-state index >= 15 is 0 Å². The summed E-state index contributed by atoms with van der Waals surface area (Å²) in [5, 5.41) is 12.5. The van der Waals surface area contributed by atoms with E-state index in [1.807, 2.05) is 26.8 Å². The third kappa shape index (κ3) is 7.68. The first kappa shape index (κ1) is 33.0. The van der Waals surface area contributed by atoms with Gasteiger partial charge in [0.1, 0.15) is 23.9 Å². The van der Waals surface area contributed by atoms with Crippen molar-refractivity contribution in [1.29, 1.82) is 0 Å². The fourth-order valence-electron chi connectivity index (χ4n) is 6.14. The van der Waals surface area contributed by atoms with E-state index in [1.54, 1.807) is 50.3 Å². The van der Waals surface area contributed by atoms with Gasteiger partial charge in [0.05, 0.1) is 5.56 Å². The molecular weight excluding hydrogens is 540 g/mol. The molecule has 3 rings (SSSR count). The highest BCUT2D eigenvalue weighted by atomic mass is 16.6. The van der Waals surface area contributed by atoms with Crippen molar-refractivity contribution in [3.63, 3.8) is 0 Å². The first-order valence-electron chi connectivity index (χ1n) is 14.4. The van der Waals surface area contributed by atoms with Gasteiger partial charge in [-0.15, -0.1) is 0 Å². The molecule has 0 saturated heterocycles. The molecule has 0 heterocycles. The van der Waals surface area contributed by atoms with E-state index in [4.69, 9.17) is 18.9 Å². The second-order valence-electron chi connectivity index (χ2n) is 12.4. The summed E-state index contributed by atoms with van der Waals surface area (Å²) in [6.45, 7) is 13.2. The number of aliphatic hydroxyl groups is 1. The van der Waals surface area contributed by atoms with Gasteiger partial charge in [0.15, 0.2) is 6.10 Å². The molecule has 0 spiro atoms. The van der Waals surface area contributed by atoms with Crippen molar-refractivity contribution in [2.45, 2.75) is 105 Å². The van der Waals surface area contributed by atoms with Crippen LogP contribution in [0.1, 0.15) is 85.0 Å². The number of hydrogen-bond donors (Lipinski definition) is 1. The van der Waals surface area contributed by atoms with E-state index in [1.165, 1.54) is 20.8 Å². The number of hydrogen-bond acceptors (Lipinski definition) is 9. The number of rotatable bonds is 5. The van der Waals surface area contributed by atoms with Crippen molar-refractivity contribution in [2.24, 2.45) is 17.3 Å². The molecule has 1 aromatic carbocycles. The first-order chi connectivity index (χ1) is 19.5. The van der Waals surface area contributed by atoms with Crippen LogP contribution in [0.5, 0.6) is 0 Å². The molecule has 0 aliphatic heterocycles. The maximum Gasteiger partial charge on any atom is 0.338 e. The van der Waals surface area contributed by atoms with Crippen LogP contribution in [0.25, 0.3) is 0 Å². The molecular formula is C33H44O9. The lowest BCUT2D eigenvalue weighted by Gasteiger charge is -2.40. The van der Waals surface area contributed by atoms with Gasteiger partial charge >= 0.3 is 23.9 Å². The first-order valence-corrected chi connectivity index (χ1v) is 14.4. The van der Waals surface area contributed by atoms with Crippen molar-refractivity contribution >= 4 is 23.9 Å². The summed E-state index contributed by atoms with van der Waals surface area (Å²) in [6.07, 6.45) is 1.13. The number of ether oxygens (including phenoxy) is 4. The molecule has 7 atom stereocenters. The van der Waals surface area contributed by atoms with Crippen molar-refractivity contribution in [2.75, 3.05) is 0 Å². The molecule has 1 fully saturated rings. The van der Waals surface area contributed by atoms with E-state index < -0.39 is 65.2 Å². The highest BCUT2D eigenvalue weighted by Gasteiger charge is 2.58. The Morgan fingerprint density at radius 2 is 1.45 bits per heavy atom. The lowest BCUT2D eigenvalue weighted by molar-refractivity contribution is -0.163. The molecule has 2 aliphatic rings. The van der Waals surface area contributed by atoms with Gasteiger partial charge < -0.3 is 24.1 Å². The molecule has 7 unspecified atom stereocenters. The van der Waals surface area contributed by atoms with Crippen LogP contribution in [0.2, 0.25) is 0 Å². The zero-order valence-corrected chi connectivity index (χ0v) is 25.8. The molecule has 1 saturated carbocycles. The van der Waals surface area contributed by atoms with Gasteiger partial charge in [0.25, 0.3) is 0 Å². The van der Waals surface area contributed by atoms with Crippen LogP contribution in [-0.2, 0) is 33.3 Å². The number of fused-ring (bicyclic) bond motifs is 1. The number of esters is 4. The van der Waals surface area contributed by atoms with Crippen molar-refractivity contribution in [3.05, 3.63) is 59.2 Å². The fraction of sp³-hybridized carbons (Fsp3) is 0.576. The van der Waals surface area contributed by atoms with Gasteiger partial charge in [0.2, 0.25) is 0 Å². The minimum absolute atomic E-state index is 0.176. The normalized spacial score (nSPS) is 31.2. The standard InChI is InChI=1S/C33H44O9/c1-19-14-15-32(7,8)28(40-23(5)35)17-27(39-22(4)34)20(2)16-26-29(42-31(37)25-12-10-9-11-13-25)21(3)18-33(26,38)30(19)41-24(6)36/h9-14,16,21,26-30,38H,15,17-18H2,1-8H3. The average molecular weight is 585 g/mol. The minimum Gasteiger partial charge on any atom is -0.462 e. The van der Waals surface area contributed by atoms with Crippen LogP contribution in [0, 0.1) is 17.3 Å². The smallest absolute Gasteiger partial charge is 0.338 e. The van der Waals surface area contributed by atoms with Gasteiger partial charge in [-0.05, 0) is 55.9 Å². The van der Waals surface area contributed by atoms with Gasteiger partial charge in [0, 0.05) is 38.5 Å². The van der Waals surface area contributed by atoms with Gasteiger partial charge in [-0.3, -0.25) is 14.4 Å². The van der Waals surface area contributed by atoms with E-state index in [-0.39, 0.29) is 18.8 Å².